The maximum atomic E-state index is 13.0. The Labute approximate surface area is 156 Å². The minimum atomic E-state index is -0.150. The van der Waals surface area contributed by atoms with Crippen molar-refractivity contribution >= 4 is 22.9 Å². The summed E-state index contributed by atoms with van der Waals surface area (Å²) in [6.07, 6.45) is 6.18. The van der Waals surface area contributed by atoms with Crippen LogP contribution >= 0.6 is 0 Å². The van der Waals surface area contributed by atoms with Gasteiger partial charge in [0.2, 0.25) is 0 Å². The maximum absolute atomic E-state index is 13.0. The molecule has 0 bridgehead atoms. The highest BCUT2D eigenvalue weighted by molar-refractivity contribution is 6.22. The van der Waals surface area contributed by atoms with Crippen LogP contribution in [0.5, 0.6) is 0 Å². The normalized spacial score (nSPS) is 20.9. The highest BCUT2D eigenvalue weighted by Crippen LogP contribution is 2.32. The lowest BCUT2D eigenvalue weighted by Gasteiger charge is -2.20. The summed E-state index contributed by atoms with van der Waals surface area (Å²) in [4.78, 5) is 19.8. The number of nitrogens with one attached hydrogen (secondary N) is 1. The smallest absolute Gasteiger partial charge is 0.294 e. The van der Waals surface area contributed by atoms with Crippen LogP contribution in [0.15, 0.2) is 33.4 Å². The zero-order valence-corrected chi connectivity index (χ0v) is 15.1. The lowest BCUT2D eigenvalue weighted by molar-refractivity contribution is 0.156. The first kappa shape index (κ1) is 17.6. The molecule has 0 saturated carbocycles. The summed E-state index contributed by atoms with van der Waals surface area (Å²) in [5.41, 5.74) is 7.20. The molecule has 0 atom stereocenters. The van der Waals surface area contributed by atoms with E-state index in [0.717, 1.165) is 44.7 Å². The fourth-order valence-corrected chi connectivity index (χ4v) is 3.80. The molecule has 2 aliphatic heterocycles. The van der Waals surface area contributed by atoms with Crippen molar-refractivity contribution < 1.29 is 9.84 Å². The van der Waals surface area contributed by atoms with Crippen molar-refractivity contribution in [3.63, 3.8) is 0 Å². The van der Waals surface area contributed by atoms with Gasteiger partial charge in [0.15, 0.2) is 11.5 Å². The zero-order valence-electron chi connectivity index (χ0n) is 15.1. The van der Waals surface area contributed by atoms with Crippen molar-refractivity contribution in [2.75, 3.05) is 31.2 Å². The minimum Gasteiger partial charge on any atom is -0.489 e. The quantitative estimate of drug-likeness (QED) is 0.650. The van der Waals surface area contributed by atoms with Crippen molar-refractivity contribution in [2.24, 2.45) is 10.7 Å². The van der Waals surface area contributed by atoms with Gasteiger partial charge >= 0.3 is 0 Å². The van der Waals surface area contributed by atoms with Crippen LogP contribution in [0.3, 0.4) is 0 Å². The Kier molecular flexibility index (Phi) is 4.61. The fourth-order valence-electron chi connectivity index (χ4n) is 3.80. The number of rotatable bonds is 5. The maximum Gasteiger partial charge on any atom is 0.294 e. The highest BCUT2D eigenvalue weighted by atomic mass is 16.5. The second-order valence-electron chi connectivity index (χ2n) is 6.86. The van der Waals surface area contributed by atoms with Crippen molar-refractivity contribution in [2.45, 2.75) is 32.4 Å². The topological polar surface area (TPSA) is 122 Å². The van der Waals surface area contributed by atoms with Crippen LogP contribution in [-0.2, 0) is 17.8 Å². The number of aliphatic hydroxyl groups excluding tert-OH is 1. The van der Waals surface area contributed by atoms with E-state index in [2.05, 4.69) is 9.89 Å². The van der Waals surface area contributed by atoms with E-state index in [1.54, 1.807) is 10.8 Å². The Bertz CT molecular complexity index is 914. The Morgan fingerprint density at radius 1 is 1.15 bits per heavy atom. The average molecular weight is 372 g/mol. The standard InChI is InChI=1S/C18H24N6O3/c19-12-10-13(20)15(27-9-8-25)11-14(12)21-16-17(22-4-1-2-5-22)23-6-3-7-24(23)18(16)26/h10-11,20,25H,1-9,19H2/b20-13?,21-14+. The molecule has 1 aliphatic carbocycles. The minimum absolute atomic E-state index is 0.0808. The molecule has 1 aromatic heterocycles. The average Bonchev–Trinajstić information content (AvgIpc) is 3.37. The summed E-state index contributed by atoms with van der Waals surface area (Å²) in [5, 5.41) is 16.9. The largest absolute Gasteiger partial charge is 0.489 e. The molecule has 1 aromatic rings. The van der Waals surface area contributed by atoms with Gasteiger partial charge in [-0.05, 0) is 25.3 Å². The lowest BCUT2D eigenvalue weighted by atomic mass is 10.1. The van der Waals surface area contributed by atoms with E-state index in [1.165, 1.54) is 6.08 Å². The van der Waals surface area contributed by atoms with Crippen molar-refractivity contribution in [1.29, 1.82) is 5.41 Å². The molecular formula is C18H24N6O3. The monoisotopic (exact) mass is 372 g/mol. The molecule has 0 aromatic carbocycles. The van der Waals surface area contributed by atoms with Gasteiger partial charge in [-0.25, -0.2) is 9.67 Å². The summed E-state index contributed by atoms with van der Waals surface area (Å²) >= 11 is 0. The number of hydrogen-bond donors (Lipinski definition) is 3. The number of fused-ring (bicyclic) bond motifs is 1. The molecule has 0 amide bonds. The van der Waals surface area contributed by atoms with Gasteiger partial charge in [-0.3, -0.25) is 14.9 Å². The van der Waals surface area contributed by atoms with Gasteiger partial charge in [0.05, 0.1) is 23.7 Å². The van der Waals surface area contributed by atoms with Crippen molar-refractivity contribution in [3.8, 4) is 0 Å². The number of hydrogen-bond acceptors (Lipinski definition) is 7. The van der Waals surface area contributed by atoms with Gasteiger partial charge in [0, 0.05) is 32.3 Å². The number of ether oxygens (including phenoxy) is 1. The summed E-state index contributed by atoms with van der Waals surface area (Å²) in [6.45, 7) is 3.26. The van der Waals surface area contributed by atoms with E-state index in [-0.39, 0.29) is 30.2 Å². The SMILES string of the molecule is N=C1C=C(N)/C(=N/c2c(N3CCCC3)n3n(c2=O)CCC3)C=C1OCCO. The summed E-state index contributed by atoms with van der Waals surface area (Å²) in [6, 6.07) is 0. The summed E-state index contributed by atoms with van der Waals surface area (Å²) in [7, 11) is 0. The van der Waals surface area contributed by atoms with Gasteiger partial charge in [-0.2, -0.15) is 0 Å². The van der Waals surface area contributed by atoms with Crippen LogP contribution in [0, 0.1) is 5.41 Å². The van der Waals surface area contributed by atoms with Crippen LogP contribution in [0.4, 0.5) is 11.5 Å². The third-order valence-electron chi connectivity index (χ3n) is 5.04. The molecule has 9 nitrogen and oxygen atoms in total. The zero-order chi connectivity index (χ0) is 19.0. The lowest BCUT2D eigenvalue weighted by Crippen LogP contribution is -2.22. The van der Waals surface area contributed by atoms with E-state index >= 15 is 0 Å². The Hall–Kier alpha value is -2.81. The molecule has 0 unspecified atom stereocenters. The Morgan fingerprint density at radius 3 is 2.63 bits per heavy atom. The number of aliphatic imine (C=N–C) groups is 1. The molecule has 0 spiro atoms. The Morgan fingerprint density at radius 2 is 1.89 bits per heavy atom. The number of anilines is 1. The fraction of sp³-hybridized carbons (Fsp3) is 0.500. The van der Waals surface area contributed by atoms with Crippen LogP contribution in [-0.4, -0.2) is 52.2 Å². The number of allylic oxidation sites excluding steroid dienone is 2. The third kappa shape index (κ3) is 3.08. The molecule has 0 radical (unpaired) electrons. The van der Waals surface area contributed by atoms with Crippen molar-refractivity contribution in [3.05, 3.63) is 34.0 Å². The second kappa shape index (κ2) is 7.07. The predicted octanol–water partition coefficient (Wildman–Crippen LogP) is 0.495. The first-order valence-corrected chi connectivity index (χ1v) is 9.29. The first-order chi connectivity index (χ1) is 13.1. The highest BCUT2D eigenvalue weighted by Gasteiger charge is 2.29. The number of aliphatic hydroxyl groups is 1. The van der Waals surface area contributed by atoms with E-state index in [9.17, 15) is 4.79 Å². The summed E-state index contributed by atoms with van der Waals surface area (Å²) in [5.74, 6) is 1.15. The van der Waals surface area contributed by atoms with E-state index in [0.29, 0.717) is 23.6 Å². The van der Waals surface area contributed by atoms with Gasteiger partial charge in [0.1, 0.15) is 12.4 Å². The van der Waals surface area contributed by atoms with Gasteiger partial charge in [-0.1, -0.05) is 0 Å². The molecule has 3 aliphatic rings. The van der Waals surface area contributed by atoms with E-state index in [4.69, 9.17) is 21.0 Å². The molecule has 4 rings (SSSR count). The van der Waals surface area contributed by atoms with E-state index in [1.807, 2.05) is 4.68 Å². The molecule has 1 fully saturated rings. The molecule has 144 valence electrons. The number of nitrogens with zero attached hydrogens (tertiary/aromatic N) is 4. The van der Waals surface area contributed by atoms with Crippen LogP contribution in [0.25, 0.3) is 0 Å². The summed E-state index contributed by atoms with van der Waals surface area (Å²) < 4.78 is 9.18. The Balaban J connectivity index is 1.79. The van der Waals surface area contributed by atoms with Crippen LogP contribution in [0.1, 0.15) is 19.3 Å². The van der Waals surface area contributed by atoms with E-state index < -0.39 is 0 Å². The molecular weight excluding hydrogens is 348 g/mol. The van der Waals surface area contributed by atoms with Gasteiger partial charge in [-0.15, -0.1) is 0 Å². The molecule has 4 N–H and O–H groups in total. The molecule has 3 heterocycles. The van der Waals surface area contributed by atoms with Gasteiger partial charge in [0.25, 0.3) is 5.56 Å². The third-order valence-corrected chi connectivity index (χ3v) is 5.04. The molecule has 27 heavy (non-hydrogen) atoms. The van der Waals surface area contributed by atoms with Crippen LogP contribution in [0.2, 0.25) is 0 Å². The molecule has 1 saturated heterocycles. The van der Waals surface area contributed by atoms with Crippen LogP contribution < -0.4 is 16.2 Å². The number of nitrogens with two attached hydrogens (primary N) is 1. The second-order valence-corrected chi connectivity index (χ2v) is 6.86. The number of aromatic nitrogens is 2. The first-order valence-electron chi connectivity index (χ1n) is 9.29. The molecule has 9 heteroatoms. The predicted molar refractivity (Wildman–Crippen MR) is 103 cm³/mol. The van der Waals surface area contributed by atoms with Gasteiger partial charge < -0.3 is 20.5 Å². The van der Waals surface area contributed by atoms with Crippen molar-refractivity contribution in [1.82, 2.24) is 9.36 Å².